The molecule has 0 radical (unpaired) electrons. The Labute approximate surface area is 117 Å². The van der Waals surface area contributed by atoms with Gasteiger partial charge in [0, 0.05) is 16.1 Å². The first-order valence-electron chi connectivity index (χ1n) is 6.41. The molecule has 0 spiro atoms. The summed E-state index contributed by atoms with van der Waals surface area (Å²) in [6.07, 6.45) is 1.61. The van der Waals surface area contributed by atoms with E-state index in [1.807, 2.05) is 48.7 Å². The number of nitrogens with two attached hydrogens (primary N) is 1. The first-order valence-corrected chi connectivity index (χ1v) is 7.29. The highest BCUT2D eigenvalue weighted by molar-refractivity contribution is 7.13. The van der Waals surface area contributed by atoms with E-state index >= 15 is 0 Å². The highest BCUT2D eigenvalue weighted by atomic mass is 32.1. The van der Waals surface area contributed by atoms with Gasteiger partial charge in [0.1, 0.15) is 0 Å². The van der Waals surface area contributed by atoms with E-state index < -0.39 is 6.04 Å². The molecule has 100 valence electrons. The summed E-state index contributed by atoms with van der Waals surface area (Å²) in [7, 11) is 0. The lowest BCUT2D eigenvalue weighted by molar-refractivity contribution is -0.117. The smallest absolute Gasteiger partial charge is 0.241 e. The van der Waals surface area contributed by atoms with Gasteiger partial charge in [-0.1, -0.05) is 37.6 Å². The molecule has 3 N–H and O–H groups in total. The summed E-state index contributed by atoms with van der Waals surface area (Å²) in [5.74, 6) is -0.120. The second-order valence-corrected chi connectivity index (χ2v) is 5.35. The molecule has 0 saturated heterocycles. The summed E-state index contributed by atoms with van der Waals surface area (Å²) in [5.41, 5.74) is 7.69. The van der Waals surface area contributed by atoms with Gasteiger partial charge in [-0.25, -0.2) is 0 Å². The predicted octanol–water partition coefficient (Wildman–Crippen LogP) is 3.48. The molecule has 1 atom stereocenters. The van der Waals surface area contributed by atoms with Gasteiger partial charge in [0.2, 0.25) is 5.91 Å². The molecule has 1 amide bonds. The van der Waals surface area contributed by atoms with Crippen LogP contribution in [0.1, 0.15) is 19.8 Å². The first-order chi connectivity index (χ1) is 9.22. The Kier molecular flexibility index (Phi) is 4.71. The lowest BCUT2D eigenvalue weighted by atomic mass is 10.1. The molecule has 2 rings (SSSR count). The maximum Gasteiger partial charge on any atom is 0.241 e. The van der Waals surface area contributed by atoms with E-state index in [0.717, 1.165) is 22.5 Å². The molecule has 0 saturated carbocycles. The van der Waals surface area contributed by atoms with Gasteiger partial charge in [0.25, 0.3) is 0 Å². The van der Waals surface area contributed by atoms with Gasteiger partial charge < -0.3 is 11.1 Å². The van der Waals surface area contributed by atoms with Crippen molar-refractivity contribution in [3.8, 4) is 10.4 Å². The number of rotatable bonds is 5. The molecule has 1 aromatic carbocycles. The van der Waals surface area contributed by atoms with Crippen molar-refractivity contribution < 1.29 is 4.79 Å². The molecule has 4 heteroatoms. The van der Waals surface area contributed by atoms with Crippen molar-refractivity contribution >= 4 is 22.9 Å². The molecule has 0 aliphatic carbocycles. The second-order valence-electron chi connectivity index (χ2n) is 4.41. The predicted molar refractivity (Wildman–Crippen MR) is 81.3 cm³/mol. The quantitative estimate of drug-likeness (QED) is 0.877. The normalized spacial score (nSPS) is 12.1. The van der Waals surface area contributed by atoms with E-state index in [4.69, 9.17) is 5.73 Å². The summed E-state index contributed by atoms with van der Waals surface area (Å²) in [5, 5.41) is 4.95. The Bertz CT molecular complexity index is 537. The molecule has 3 nitrogen and oxygen atoms in total. The van der Waals surface area contributed by atoms with Crippen LogP contribution in [0.25, 0.3) is 10.4 Å². The zero-order valence-electron chi connectivity index (χ0n) is 10.9. The molecule has 2 aromatic rings. The average molecular weight is 274 g/mol. The van der Waals surface area contributed by atoms with Crippen molar-refractivity contribution in [3.05, 3.63) is 41.8 Å². The molecule has 1 aromatic heterocycles. The number of benzene rings is 1. The van der Waals surface area contributed by atoms with E-state index in [9.17, 15) is 4.79 Å². The molecule has 0 aliphatic heterocycles. The largest absolute Gasteiger partial charge is 0.324 e. The fourth-order valence-electron chi connectivity index (χ4n) is 1.91. The van der Waals surface area contributed by atoms with Crippen LogP contribution in [0.3, 0.4) is 0 Å². The Morgan fingerprint density at radius 3 is 2.79 bits per heavy atom. The van der Waals surface area contributed by atoms with Crippen molar-refractivity contribution in [1.29, 1.82) is 0 Å². The highest BCUT2D eigenvalue weighted by Crippen LogP contribution is 2.31. The second kappa shape index (κ2) is 6.50. The van der Waals surface area contributed by atoms with Crippen LogP contribution in [0.5, 0.6) is 0 Å². The van der Waals surface area contributed by atoms with Crippen LogP contribution in [0.15, 0.2) is 41.8 Å². The standard InChI is InChI=1S/C15H18N2OS/c1-2-6-12(16)15(18)17-13-8-4-3-7-11(13)14-9-5-10-19-14/h3-5,7-10,12H,2,6,16H2,1H3,(H,17,18)/t12-/m0/s1. The number of amides is 1. The number of hydrogen-bond acceptors (Lipinski definition) is 3. The Morgan fingerprint density at radius 1 is 1.32 bits per heavy atom. The zero-order chi connectivity index (χ0) is 13.7. The minimum Gasteiger partial charge on any atom is -0.324 e. The minimum absolute atomic E-state index is 0.120. The van der Waals surface area contributed by atoms with Gasteiger partial charge >= 0.3 is 0 Å². The fourth-order valence-corrected chi connectivity index (χ4v) is 2.67. The third-order valence-corrected chi connectivity index (χ3v) is 3.81. The summed E-state index contributed by atoms with van der Waals surface area (Å²) in [6, 6.07) is 11.4. The number of carbonyl (C=O) groups is 1. The topological polar surface area (TPSA) is 55.1 Å². The SMILES string of the molecule is CCC[C@H](N)C(=O)Nc1ccccc1-c1cccs1. The molecule has 0 fully saturated rings. The summed E-state index contributed by atoms with van der Waals surface area (Å²) in [4.78, 5) is 13.1. The number of carbonyl (C=O) groups excluding carboxylic acids is 1. The van der Waals surface area contributed by atoms with Crippen LogP contribution in [0, 0.1) is 0 Å². The summed E-state index contributed by atoms with van der Waals surface area (Å²) < 4.78 is 0. The lowest BCUT2D eigenvalue weighted by Gasteiger charge is -2.13. The van der Waals surface area contributed by atoms with Crippen molar-refractivity contribution in [2.45, 2.75) is 25.8 Å². The van der Waals surface area contributed by atoms with Crippen LogP contribution in [-0.4, -0.2) is 11.9 Å². The molecular weight excluding hydrogens is 256 g/mol. The summed E-state index contributed by atoms with van der Waals surface area (Å²) in [6.45, 7) is 2.02. The van der Waals surface area contributed by atoms with Gasteiger partial charge in [-0.2, -0.15) is 0 Å². The van der Waals surface area contributed by atoms with Crippen LogP contribution in [-0.2, 0) is 4.79 Å². The van der Waals surface area contributed by atoms with E-state index in [1.165, 1.54) is 0 Å². The van der Waals surface area contributed by atoms with E-state index in [2.05, 4.69) is 5.32 Å². The first kappa shape index (κ1) is 13.8. The van der Waals surface area contributed by atoms with E-state index in [1.54, 1.807) is 11.3 Å². The monoisotopic (exact) mass is 274 g/mol. The number of anilines is 1. The number of nitrogens with one attached hydrogen (secondary N) is 1. The number of thiophene rings is 1. The van der Waals surface area contributed by atoms with Gasteiger partial charge in [-0.05, 0) is 23.9 Å². The van der Waals surface area contributed by atoms with Crippen LogP contribution in [0.4, 0.5) is 5.69 Å². The Hall–Kier alpha value is -1.65. The Morgan fingerprint density at radius 2 is 2.11 bits per heavy atom. The Balaban J connectivity index is 2.19. The van der Waals surface area contributed by atoms with Gasteiger partial charge in [0.05, 0.1) is 6.04 Å². The van der Waals surface area contributed by atoms with Crippen LogP contribution in [0.2, 0.25) is 0 Å². The van der Waals surface area contributed by atoms with E-state index in [-0.39, 0.29) is 5.91 Å². The fraction of sp³-hybridized carbons (Fsp3) is 0.267. The third kappa shape index (κ3) is 3.43. The molecule has 0 bridgehead atoms. The molecule has 19 heavy (non-hydrogen) atoms. The van der Waals surface area contributed by atoms with Crippen LogP contribution >= 0.6 is 11.3 Å². The third-order valence-electron chi connectivity index (χ3n) is 2.91. The van der Waals surface area contributed by atoms with Gasteiger partial charge in [-0.3, -0.25) is 4.79 Å². The highest BCUT2D eigenvalue weighted by Gasteiger charge is 2.14. The number of hydrogen-bond donors (Lipinski definition) is 2. The van der Waals surface area contributed by atoms with Gasteiger partial charge in [0.15, 0.2) is 0 Å². The molecule has 1 heterocycles. The van der Waals surface area contributed by atoms with Crippen molar-refractivity contribution in [2.24, 2.45) is 5.73 Å². The average Bonchev–Trinajstić information content (AvgIpc) is 2.93. The molecular formula is C15H18N2OS. The maximum absolute atomic E-state index is 12.0. The maximum atomic E-state index is 12.0. The van der Waals surface area contributed by atoms with Crippen molar-refractivity contribution in [3.63, 3.8) is 0 Å². The van der Waals surface area contributed by atoms with Crippen LogP contribution < -0.4 is 11.1 Å². The summed E-state index contributed by atoms with van der Waals surface area (Å²) >= 11 is 1.65. The van der Waals surface area contributed by atoms with Crippen molar-refractivity contribution in [2.75, 3.05) is 5.32 Å². The van der Waals surface area contributed by atoms with Gasteiger partial charge in [-0.15, -0.1) is 11.3 Å². The number of para-hydroxylation sites is 1. The van der Waals surface area contributed by atoms with Crippen molar-refractivity contribution in [1.82, 2.24) is 0 Å². The lowest BCUT2D eigenvalue weighted by Crippen LogP contribution is -2.35. The van der Waals surface area contributed by atoms with E-state index in [0.29, 0.717) is 6.42 Å². The molecule has 0 aliphatic rings. The zero-order valence-corrected chi connectivity index (χ0v) is 11.7. The minimum atomic E-state index is -0.443. The molecule has 0 unspecified atom stereocenters.